The van der Waals surface area contributed by atoms with Crippen LogP contribution in [0.15, 0.2) is 22.3 Å². The summed E-state index contributed by atoms with van der Waals surface area (Å²) in [5, 5.41) is 0. The van der Waals surface area contributed by atoms with Gasteiger partial charge in [0, 0.05) is 0 Å². The molecule has 2 aliphatic rings. The standard InChI is InChI=1S/C14H21.Ti/c1-4-11-10(3)13-8-6-7-9-14(13)12(11)5-2;/h4-9H2,1-3H3;. The molecule has 0 spiro atoms. The monoisotopic (exact) mass is 237 g/mol. The molecule has 1 unspecified atom stereocenters. The zero-order valence-electron chi connectivity index (χ0n) is 10.2. The zero-order valence-corrected chi connectivity index (χ0v) is 11.8. The van der Waals surface area contributed by atoms with Crippen molar-refractivity contribution in [2.45, 2.75) is 63.0 Å². The van der Waals surface area contributed by atoms with Gasteiger partial charge in [-0.05, 0) is 0 Å². The topological polar surface area (TPSA) is 0 Å². The van der Waals surface area contributed by atoms with E-state index in [1.807, 2.05) is 0 Å². The van der Waals surface area contributed by atoms with Crippen LogP contribution in [0.2, 0.25) is 3.72 Å². The summed E-state index contributed by atoms with van der Waals surface area (Å²) in [7, 11) is 0. The van der Waals surface area contributed by atoms with Gasteiger partial charge in [0.05, 0.1) is 0 Å². The van der Waals surface area contributed by atoms with E-state index in [0.717, 1.165) is 0 Å². The third-order valence-electron chi connectivity index (χ3n) is 4.29. The van der Waals surface area contributed by atoms with Crippen LogP contribution in [-0.4, -0.2) is 0 Å². The number of rotatable bonds is 2. The minimum atomic E-state index is 0.425. The predicted molar refractivity (Wildman–Crippen MR) is 61.5 cm³/mol. The average Bonchev–Trinajstić information content (AvgIpc) is 2.50. The van der Waals surface area contributed by atoms with Gasteiger partial charge in [-0.25, -0.2) is 0 Å². The molecule has 0 fully saturated rings. The summed E-state index contributed by atoms with van der Waals surface area (Å²) in [6.45, 7) is 7.04. The molecule has 2 aliphatic carbocycles. The van der Waals surface area contributed by atoms with Crippen LogP contribution in [-0.2, 0) is 20.4 Å². The first-order valence-electron chi connectivity index (χ1n) is 6.33. The molecule has 81 valence electrons. The van der Waals surface area contributed by atoms with Gasteiger partial charge in [-0.15, -0.1) is 0 Å². The van der Waals surface area contributed by atoms with Crippen molar-refractivity contribution < 1.29 is 20.4 Å². The van der Waals surface area contributed by atoms with E-state index in [1.165, 1.54) is 38.5 Å². The second-order valence-corrected chi connectivity index (χ2v) is 6.21. The average molecular weight is 237 g/mol. The molecule has 0 saturated carbocycles. The summed E-state index contributed by atoms with van der Waals surface area (Å²) < 4.78 is 0.425. The first-order valence-corrected chi connectivity index (χ1v) is 7.11. The van der Waals surface area contributed by atoms with Crippen molar-refractivity contribution in [2.24, 2.45) is 0 Å². The third kappa shape index (κ3) is 1.61. The van der Waals surface area contributed by atoms with E-state index >= 15 is 0 Å². The molecule has 0 aromatic rings. The first kappa shape index (κ1) is 11.7. The van der Waals surface area contributed by atoms with Crippen LogP contribution in [0.3, 0.4) is 0 Å². The van der Waals surface area contributed by atoms with Gasteiger partial charge in [0.15, 0.2) is 0 Å². The van der Waals surface area contributed by atoms with Crippen molar-refractivity contribution in [2.75, 3.05) is 0 Å². The van der Waals surface area contributed by atoms with Crippen LogP contribution in [0.5, 0.6) is 0 Å². The Labute approximate surface area is 106 Å². The van der Waals surface area contributed by atoms with Crippen LogP contribution in [0.25, 0.3) is 0 Å². The molecule has 0 aromatic carbocycles. The van der Waals surface area contributed by atoms with Crippen molar-refractivity contribution in [3.63, 3.8) is 0 Å². The van der Waals surface area contributed by atoms with Gasteiger partial charge in [0.2, 0.25) is 0 Å². The molecule has 0 radical (unpaired) electrons. The summed E-state index contributed by atoms with van der Waals surface area (Å²) in [6.07, 6.45) is 8.06. The van der Waals surface area contributed by atoms with Gasteiger partial charge in [0.25, 0.3) is 0 Å². The summed E-state index contributed by atoms with van der Waals surface area (Å²) in [6, 6.07) is 0. The maximum absolute atomic E-state index is 2.48. The fraction of sp³-hybridized carbons (Fsp3) is 0.714. The van der Waals surface area contributed by atoms with Crippen LogP contribution < -0.4 is 0 Å². The molecule has 0 saturated heterocycles. The number of hydrogen-bond donors (Lipinski definition) is 0. The third-order valence-corrected chi connectivity index (χ3v) is 5.78. The van der Waals surface area contributed by atoms with E-state index in [4.69, 9.17) is 0 Å². The molecule has 0 nitrogen and oxygen atoms in total. The Morgan fingerprint density at radius 1 is 1.20 bits per heavy atom. The van der Waals surface area contributed by atoms with Crippen LogP contribution >= 0.6 is 0 Å². The Morgan fingerprint density at radius 2 is 1.87 bits per heavy atom. The fourth-order valence-electron chi connectivity index (χ4n) is 3.47. The Hall–Kier alpha value is 0.194. The number of hydrogen-bond acceptors (Lipinski definition) is 0. The molecule has 0 aliphatic heterocycles. The zero-order chi connectivity index (χ0) is 11.1. The van der Waals surface area contributed by atoms with Crippen molar-refractivity contribution in [3.8, 4) is 0 Å². The molecule has 15 heavy (non-hydrogen) atoms. The van der Waals surface area contributed by atoms with E-state index in [-0.39, 0.29) is 0 Å². The summed E-state index contributed by atoms with van der Waals surface area (Å²) in [4.78, 5) is 0. The Bertz CT molecular complexity index is 335. The van der Waals surface area contributed by atoms with E-state index in [0.29, 0.717) is 3.72 Å². The van der Waals surface area contributed by atoms with Crippen LogP contribution in [0.4, 0.5) is 0 Å². The Balaban J connectivity index is 2.49. The first-order chi connectivity index (χ1) is 7.15. The summed E-state index contributed by atoms with van der Waals surface area (Å²) in [5.41, 5.74) is 6.92. The second-order valence-electron chi connectivity index (χ2n) is 4.88. The van der Waals surface area contributed by atoms with Crippen molar-refractivity contribution in [1.82, 2.24) is 0 Å². The van der Waals surface area contributed by atoms with Gasteiger partial charge in [-0.1, -0.05) is 0 Å². The summed E-state index contributed by atoms with van der Waals surface area (Å²) >= 11 is 2.48. The normalized spacial score (nSPS) is 31.1. The molecular formula is C14H21Ti. The fourth-order valence-corrected chi connectivity index (χ4v) is 4.47. The van der Waals surface area contributed by atoms with Crippen LogP contribution in [0, 0.1) is 0 Å². The van der Waals surface area contributed by atoms with Gasteiger partial charge >= 0.3 is 106 Å². The second kappa shape index (κ2) is 4.22. The SMILES string of the molecule is CCC1=C(C)C2=C(CCCC2)[C]1([Ti])CC. The van der Waals surface area contributed by atoms with Gasteiger partial charge in [-0.2, -0.15) is 0 Å². The maximum atomic E-state index is 2.48. The molecular weight excluding hydrogens is 216 g/mol. The molecule has 1 heteroatoms. The van der Waals surface area contributed by atoms with E-state index in [2.05, 4.69) is 41.2 Å². The quantitative estimate of drug-likeness (QED) is 0.610. The van der Waals surface area contributed by atoms with Crippen molar-refractivity contribution >= 4 is 0 Å². The molecule has 2 rings (SSSR count). The Morgan fingerprint density at radius 3 is 2.47 bits per heavy atom. The molecule has 1 atom stereocenters. The minimum absolute atomic E-state index is 0.425. The molecule has 0 heterocycles. The molecule has 0 aromatic heterocycles. The van der Waals surface area contributed by atoms with E-state index in [1.54, 1.807) is 22.3 Å². The van der Waals surface area contributed by atoms with Gasteiger partial charge in [0.1, 0.15) is 0 Å². The van der Waals surface area contributed by atoms with Crippen LogP contribution in [0.1, 0.15) is 59.3 Å². The van der Waals surface area contributed by atoms with Gasteiger partial charge < -0.3 is 0 Å². The van der Waals surface area contributed by atoms with E-state index < -0.39 is 0 Å². The predicted octanol–water partition coefficient (Wildman–Crippen LogP) is 4.71. The van der Waals surface area contributed by atoms with Gasteiger partial charge in [-0.3, -0.25) is 0 Å². The number of allylic oxidation sites excluding steroid dienone is 4. The Kier molecular flexibility index (Phi) is 3.29. The molecule has 0 amide bonds. The summed E-state index contributed by atoms with van der Waals surface area (Å²) in [5.74, 6) is 0. The molecule has 0 bridgehead atoms. The molecule has 0 N–H and O–H groups in total. The van der Waals surface area contributed by atoms with E-state index in [9.17, 15) is 0 Å². The van der Waals surface area contributed by atoms with Crippen molar-refractivity contribution in [1.29, 1.82) is 0 Å². The van der Waals surface area contributed by atoms with Crippen molar-refractivity contribution in [3.05, 3.63) is 22.3 Å².